The smallest absolute Gasteiger partial charge is 0.187 e. The van der Waals surface area contributed by atoms with Gasteiger partial charge in [0.2, 0.25) is 0 Å². The van der Waals surface area contributed by atoms with Gasteiger partial charge in [0.1, 0.15) is 6.61 Å². The van der Waals surface area contributed by atoms with Crippen LogP contribution in [0.1, 0.15) is 0 Å². The summed E-state index contributed by atoms with van der Waals surface area (Å²) in [4.78, 5) is 11.2. The van der Waals surface area contributed by atoms with Gasteiger partial charge in [-0.1, -0.05) is 0 Å². The summed E-state index contributed by atoms with van der Waals surface area (Å²) >= 11 is 0. The zero-order valence-electron chi connectivity index (χ0n) is 8.14. The van der Waals surface area contributed by atoms with Crippen LogP contribution in [0.4, 0.5) is 0 Å². The summed E-state index contributed by atoms with van der Waals surface area (Å²) in [5.41, 5.74) is 0. The maximum Gasteiger partial charge on any atom is 0.187 e. The van der Waals surface area contributed by atoms with Crippen molar-refractivity contribution in [3.05, 3.63) is 18.2 Å². The molecule has 0 radical (unpaired) electrons. The quantitative estimate of drug-likeness (QED) is 0.699. The Kier molecular flexibility index (Phi) is 2.73. The fraction of sp³-hybridized carbons (Fsp3) is 0.300. The van der Waals surface area contributed by atoms with E-state index >= 15 is 0 Å². The number of carbonyl (C=O) groups is 1. The van der Waals surface area contributed by atoms with E-state index in [9.17, 15) is 9.00 Å². The van der Waals surface area contributed by atoms with Crippen LogP contribution in [0.5, 0.6) is 11.5 Å². The van der Waals surface area contributed by atoms with E-state index in [1.54, 1.807) is 24.5 Å². The second-order valence-electron chi connectivity index (χ2n) is 3.17. The van der Waals surface area contributed by atoms with E-state index in [0.29, 0.717) is 22.7 Å². The molecule has 2 unspecified atom stereocenters. The molecular weight excluding hydrogens is 216 g/mol. The van der Waals surface area contributed by atoms with Crippen molar-refractivity contribution in [1.29, 1.82) is 0 Å². The molecule has 0 fully saturated rings. The van der Waals surface area contributed by atoms with Gasteiger partial charge in [-0.25, -0.2) is 0 Å². The number of ether oxygens (including phenoxy) is 2. The van der Waals surface area contributed by atoms with Crippen LogP contribution < -0.4 is 9.47 Å². The highest BCUT2D eigenvalue weighted by Gasteiger charge is 2.20. The number of benzene rings is 1. The molecular formula is C10H10O4S. The van der Waals surface area contributed by atoms with E-state index in [1.807, 2.05) is 0 Å². The van der Waals surface area contributed by atoms with Crippen LogP contribution >= 0.6 is 0 Å². The molecule has 4 nitrogen and oxygen atoms in total. The molecule has 1 aromatic rings. The summed E-state index contributed by atoms with van der Waals surface area (Å²) in [5, 5.41) is 0. The lowest BCUT2D eigenvalue weighted by molar-refractivity contribution is -0.115. The minimum Gasteiger partial charge on any atom is -0.485 e. The lowest BCUT2D eigenvalue weighted by Gasteiger charge is -2.23. The first kappa shape index (κ1) is 10.2. The topological polar surface area (TPSA) is 52.6 Å². The van der Waals surface area contributed by atoms with Crippen molar-refractivity contribution in [3.8, 4) is 11.5 Å². The molecule has 0 spiro atoms. The molecule has 0 saturated carbocycles. The Balaban J connectivity index is 2.32. The summed E-state index contributed by atoms with van der Waals surface area (Å²) in [6.45, 7) is 0.205. The maximum absolute atomic E-state index is 11.2. The maximum atomic E-state index is 11.2. The molecule has 80 valence electrons. The highest BCUT2D eigenvalue weighted by atomic mass is 32.2. The fourth-order valence-electron chi connectivity index (χ4n) is 1.31. The number of hydrogen-bond donors (Lipinski definition) is 0. The van der Waals surface area contributed by atoms with E-state index in [0.717, 1.165) is 0 Å². The molecule has 0 aliphatic carbocycles. The van der Waals surface area contributed by atoms with Gasteiger partial charge in [-0.15, -0.1) is 0 Å². The lowest BCUT2D eigenvalue weighted by atomic mass is 10.3. The fourth-order valence-corrected chi connectivity index (χ4v) is 1.85. The van der Waals surface area contributed by atoms with Crippen LogP contribution in [0.3, 0.4) is 0 Å². The second-order valence-corrected chi connectivity index (χ2v) is 4.55. The standard InChI is InChI=1S/C10H10O4S/c1-15(12)8-2-3-9-10(4-8)13-6-7(5-11)14-9/h2-5,7H,6H2,1H3. The molecule has 0 bridgehead atoms. The van der Waals surface area contributed by atoms with E-state index < -0.39 is 16.9 Å². The highest BCUT2D eigenvalue weighted by molar-refractivity contribution is 7.84. The second kappa shape index (κ2) is 4.02. The molecule has 0 amide bonds. The summed E-state index contributed by atoms with van der Waals surface area (Å²) in [6.07, 6.45) is 1.75. The Morgan fingerprint density at radius 1 is 1.47 bits per heavy atom. The number of rotatable bonds is 2. The minimum absolute atomic E-state index is 0.205. The summed E-state index contributed by atoms with van der Waals surface area (Å²) in [5.74, 6) is 1.06. The normalized spacial score (nSPS) is 20.7. The predicted molar refractivity (Wildman–Crippen MR) is 54.7 cm³/mol. The van der Waals surface area contributed by atoms with Crippen molar-refractivity contribution in [2.24, 2.45) is 0 Å². The van der Waals surface area contributed by atoms with E-state index in [-0.39, 0.29) is 6.61 Å². The van der Waals surface area contributed by atoms with Crippen LogP contribution in [0.25, 0.3) is 0 Å². The van der Waals surface area contributed by atoms with Gasteiger partial charge in [0, 0.05) is 28.0 Å². The summed E-state index contributed by atoms with van der Waals surface area (Å²) < 4.78 is 21.9. The van der Waals surface area contributed by atoms with Crippen molar-refractivity contribution in [2.75, 3.05) is 12.9 Å². The summed E-state index contributed by atoms with van der Waals surface area (Å²) in [6, 6.07) is 5.04. The Morgan fingerprint density at radius 2 is 2.27 bits per heavy atom. The third-order valence-corrected chi connectivity index (χ3v) is 3.00. The zero-order chi connectivity index (χ0) is 10.8. The molecule has 1 aliphatic rings. The van der Waals surface area contributed by atoms with E-state index in [1.165, 1.54) is 0 Å². The first-order valence-corrected chi connectivity index (χ1v) is 5.99. The molecule has 2 rings (SSSR count). The van der Waals surface area contributed by atoms with Gasteiger partial charge in [-0.3, -0.25) is 9.00 Å². The average Bonchev–Trinajstić information content (AvgIpc) is 2.27. The molecule has 0 aromatic heterocycles. The molecule has 0 saturated heterocycles. The highest BCUT2D eigenvalue weighted by Crippen LogP contribution is 2.32. The van der Waals surface area contributed by atoms with Gasteiger partial charge in [0.25, 0.3) is 0 Å². The number of aldehydes is 1. The van der Waals surface area contributed by atoms with Crippen molar-refractivity contribution in [3.63, 3.8) is 0 Å². The number of hydrogen-bond acceptors (Lipinski definition) is 4. The Morgan fingerprint density at radius 3 is 2.93 bits per heavy atom. The largest absolute Gasteiger partial charge is 0.485 e. The summed E-state index contributed by atoms with van der Waals surface area (Å²) in [7, 11) is -1.04. The molecule has 1 heterocycles. The third-order valence-electron chi connectivity index (χ3n) is 2.08. The first-order chi connectivity index (χ1) is 7.20. The lowest BCUT2D eigenvalue weighted by Crippen LogP contribution is -2.30. The number of fused-ring (bicyclic) bond motifs is 1. The molecule has 1 aliphatic heterocycles. The van der Waals surface area contributed by atoms with Gasteiger partial charge < -0.3 is 9.47 Å². The van der Waals surface area contributed by atoms with Gasteiger partial charge in [-0.2, -0.15) is 0 Å². The van der Waals surface area contributed by atoms with Crippen LogP contribution in [0, 0.1) is 0 Å². The molecule has 5 heteroatoms. The van der Waals surface area contributed by atoms with Crippen LogP contribution in [-0.4, -0.2) is 29.5 Å². The van der Waals surface area contributed by atoms with E-state index in [2.05, 4.69) is 0 Å². The van der Waals surface area contributed by atoms with Crippen molar-refractivity contribution in [1.82, 2.24) is 0 Å². The Hall–Kier alpha value is -1.36. The molecule has 2 atom stereocenters. The molecule has 0 N–H and O–H groups in total. The minimum atomic E-state index is -1.04. The van der Waals surface area contributed by atoms with Gasteiger partial charge in [0.15, 0.2) is 23.9 Å². The van der Waals surface area contributed by atoms with Crippen LogP contribution in [-0.2, 0) is 15.6 Å². The van der Waals surface area contributed by atoms with Crippen molar-refractivity contribution in [2.45, 2.75) is 11.0 Å². The third kappa shape index (κ3) is 2.02. The molecule has 15 heavy (non-hydrogen) atoms. The Bertz CT molecular complexity index is 416. The van der Waals surface area contributed by atoms with Crippen molar-refractivity contribution < 1.29 is 18.5 Å². The van der Waals surface area contributed by atoms with Crippen LogP contribution in [0.15, 0.2) is 23.1 Å². The predicted octanol–water partition coefficient (Wildman–Crippen LogP) is 0.763. The number of carbonyl (C=O) groups excluding carboxylic acids is 1. The molecule has 1 aromatic carbocycles. The SMILES string of the molecule is CS(=O)c1ccc2c(c1)OCC(C=O)O2. The zero-order valence-corrected chi connectivity index (χ0v) is 8.95. The van der Waals surface area contributed by atoms with Gasteiger partial charge in [0.05, 0.1) is 0 Å². The van der Waals surface area contributed by atoms with Crippen LogP contribution in [0.2, 0.25) is 0 Å². The first-order valence-electron chi connectivity index (χ1n) is 4.43. The average molecular weight is 226 g/mol. The van der Waals surface area contributed by atoms with Gasteiger partial charge in [-0.05, 0) is 12.1 Å². The van der Waals surface area contributed by atoms with E-state index in [4.69, 9.17) is 9.47 Å². The Labute approximate surface area is 89.6 Å². The van der Waals surface area contributed by atoms with Gasteiger partial charge >= 0.3 is 0 Å². The van der Waals surface area contributed by atoms with Crippen molar-refractivity contribution >= 4 is 17.1 Å². The monoisotopic (exact) mass is 226 g/mol.